The Morgan fingerprint density at radius 2 is 2.06 bits per heavy atom. The molecule has 5 nitrogen and oxygen atoms in total. The molecule has 2 aliphatic rings. The van der Waals surface area contributed by atoms with Gasteiger partial charge in [-0.15, -0.1) is 0 Å². The quantitative estimate of drug-likeness (QED) is 0.700. The fraction of sp³-hybridized carbons (Fsp3) is 0.636. The number of H-pyrrole nitrogens is 1. The lowest BCUT2D eigenvalue weighted by Gasteiger charge is -2.20. The van der Waals surface area contributed by atoms with Crippen LogP contribution in [0.1, 0.15) is 24.1 Å². The van der Waals surface area contributed by atoms with E-state index in [1.54, 1.807) is 0 Å². The van der Waals surface area contributed by atoms with Crippen LogP contribution >= 0.6 is 0 Å². The second kappa shape index (κ2) is 3.90. The maximum absolute atomic E-state index is 11.9. The number of fused-ring (bicyclic) bond motifs is 1. The smallest absolute Gasteiger partial charge is 0.257 e. The summed E-state index contributed by atoms with van der Waals surface area (Å²) in [6.45, 7) is 3.60. The number of aromatic amines is 1. The van der Waals surface area contributed by atoms with Crippen molar-refractivity contribution in [2.75, 3.05) is 24.5 Å². The number of hydrogen-bond acceptors (Lipinski definition) is 4. The molecule has 1 fully saturated rings. The van der Waals surface area contributed by atoms with Gasteiger partial charge in [-0.1, -0.05) is 0 Å². The summed E-state index contributed by atoms with van der Waals surface area (Å²) in [5, 5.41) is 3.20. The molecule has 1 saturated heterocycles. The van der Waals surface area contributed by atoms with Crippen LogP contribution in [-0.2, 0) is 13.0 Å². The highest BCUT2D eigenvalue weighted by molar-refractivity contribution is 5.35. The summed E-state index contributed by atoms with van der Waals surface area (Å²) in [5.41, 5.74) is 1.82. The maximum Gasteiger partial charge on any atom is 0.257 e. The van der Waals surface area contributed by atoms with Gasteiger partial charge in [-0.05, 0) is 12.8 Å². The Bertz CT molecular complexity index is 448. The zero-order valence-corrected chi connectivity index (χ0v) is 9.25. The average Bonchev–Trinajstić information content (AvgIpc) is 2.82. The lowest BCUT2D eigenvalue weighted by Crippen LogP contribution is -2.33. The normalized spacial score (nSPS) is 19.9. The first-order valence-electron chi connectivity index (χ1n) is 5.92. The largest absolute Gasteiger partial charge is 0.342 e. The number of anilines is 1. The van der Waals surface area contributed by atoms with Gasteiger partial charge in [-0.2, -0.15) is 0 Å². The molecule has 2 N–H and O–H groups in total. The van der Waals surface area contributed by atoms with Gasteiger partial charge in [0.25, 0.3) is 5.56 Å². The van der Waals surface area contributed by atoms with Gasteiger partial charge in [0.1, 0.15) is 0 Å². The van der Waals surface area contributed by atoms with Gasteiger partial charge in [0, 0.05) is 32.6 Å². The van der Waals surface area contributed by atoms with Crippen molar-refractivity contribution >= 4 is 5.95 Å². The van der Waals surface area contributed by atoms with Gasteiger partial charge in [0.05, 0.1) is 11.3 Å². The minimum Gasteiger partial charge on any atom is -0.342 e. The van der Waals surface area contributed by atoms with Crippen LogP contribution in [0.4, 0.5) is 5.95 Å². The molecular formula is C11H16N4O. The van der Waals surface area contributed by atoms with Crippen molar-refractivity contribution in [3.8, 4) is 0 Å². The number of aromatic nitrogens is 2. The van der Waals surface area contributed by atoms with Crippen LogP contribution < -0.4 is 15.8 Å². The predicted octanol–water partition coefficient (Wildman–Crippen LogP) is 0.0158. The third kappa shape index (κ3) is 1.61. The Morgan fingerprint density at radius 1 is 1.25 bits per heavy atom. The van der Waals surface area contributed by atoms with E-state index in [4.69, 9.17) is 0 Å². The number of hydrogen-bond donors (Lipinski definition) is 2. The zero-order chi connectivity index (χ0) is 11.0. The van der Waals surface area contributed by atoms with E-state index in [1.807, 2.05) is 0 Å². The van der Waals surface area contributed by atoms with Gasteiger partial charge >= 0.3 is 0 Å². The second-order valence-electron chi connectivity index (χ2n) is 4.44. The number of nitrogens with one attached hydrogen (secondary N) is 2. The van der Waals surface area contributed by atoms with Crippen molar-refractivity contribution in [1.29, 1.82) is 0 Å². The summed E-state index contributed by atoms with van der Waals surface area (Å²) < 4.78 is 0. The first kappa shape index (κ1) is 9.84. The van der Waals surface area contributed by atoms with E-state index in [0.29, 0.717) is 6.54 Å². The van der Waals surface area contributed by atoms with Crippen LogP contribution in [0.5, 0.6) is 0 Å². The maximum atomic E-state index is 11.9. The van der Waals surface area contributed by atoms with Crippen LogP contribution in [0.3, 0.4) is 0 Å². The van der Waals surface area contributed by atoms with E-state index in [1.165, 1.54) is 12.8 Å². The summed E-state index contributed by atoms with van der Waals surface area (Å²) in [7, 11) is 0. The number of nitrogens with zero attached hydrogens (tertiary/aromatic N) is 2. The summed E-state index contributed by atoms with van der Waals surface area (Å²) in [6.07, 6.45) is 3.25. The minimum atomic E-state index is 0.0269. The molecule has 0 aliphatic carbocycles. The van der Waals surface area contributed by atoms with Gasteiger partial charge in [-0.3, -0.25) is 9.78 Å². The molecule has 0 bridgehead atoms. The third-order valence-electron chi connectivity index (χ3n) is 3.33. The van der Waals surface area contributed by atoms with Crippen molar-refractivity contribution in [3.63, 3.8) is 0 Å². The van der Waals surface area contributed by atoms with Gasteiger partial charge < -0.3 is 10.2 Å². The third-order valence-corrected chi connectivity index (χ3v) is 3.33. The molecule has 0 amide bonds. The molecule has 5 heteroatoms. The Morgan fingerprint density at radius 3 is 2.88 bits per heavy atom. The van der Waals surface area contributed by atoms with Crippen molar-refractivity contribution < 1.29 is 0 Å². The Hall–Kier alpha value is -1.36. The SMILES string of the molecule is O=c1[nH]c(N2CCCC2)nc2c1CNCC2. The zero-order valence-electron chi connectivity index (χ0n) is 9.25. The standard InChI is InChI=1S/C11H16N4O/c16-10-8-7-12-4-3-9(8)13-11(14-10)15-5-1-2-6-15/h12H,1-7H2,(H,13,14,16). The summed E-state index contributed by atoms with van der Waals surface area (Å²) in [6, 6.07) is 0. The molecule has 1 aromatic heterocycles. The van der Waals surface area contributed by atoms with E-state index in [0.717, 1.165) is 43.3 Å². The molecule has 0 unspecified atom stereocenters. The first-order valence-corrected chi connectivity index (χ1v) is 5.92. The summed E-state index contributed by atoms with van der Waals surface area (Å²) in [5.74, 6) is 0.767. The molecule has 86 valence electrons. The minimum absolute atomic E-state index is 0.0269. The predicted molar refractivity (Wildman–Crippen MR) is 61.7 cm³/mol. The van der Waals surface area contributed by atoms with E-state index < -0.39 is 0 Å². The van der Waals surface area contributed by atoms with Gasteiger partial charge in [0.2, 0.25) is 5.95 Å². The Labute approximate surface area is 93.9 Å². The monoisotopic (exact) mass is 220 g/mol. The molecule has 0 spiro atoms. The van der Waals surface area contributed by atoms with Crippen molar-refractivity contribution in [1.82, 2.24) is 15.3 Å². The molecule has 0 aromatic carbocycles. The summed E-state index contributed by atoms with van der Waals surface area (Å²) in [4.78, 5) is 21.5. The molecular weight excluding hydrogens is 204 g/mol. The van der Waals surface area contributed by atoms with E-state index in [9.17, 15) is 4.79 Å². The summed E-state index contributed by atoms with van der Waals surface area (Å²) >= 11 is 0. The van der Waals surface area contributed by atoms with E-state index in [-0.39, 0.29) is 5.56 Å². The average molecular weight is 220 g/mol. The highest BCUT2D eigenvalue weighted by Crippen LogP contribution is 2.16. The van der Waals surface area contributed by atoms with Crippen molar-refractivity contribution in [2.24, 2.45) is 0 Å². The molecule has 2 aliphatic heterocycles. The second-order valence-corrected chi connectivity index (χ2v) is 4.44. The Balaban J connectivity index is 2.01. The van der Waals surface area contributed by atoms with Crippen molar-refractivity contribution in [2.45, 2.75) is 25.8 Å². The lowest BCUT2D eigenvalue weighted by atomic mass is 10.1. The van der Waals surface area contributed by atoms with Crippen LogP contribution in [0.15, 0.2) is 4.79 Å². The van der Waals surface area contributed by atoms with Gasteiger partial charge in [-0.25, -0.2) is 4.98 Å². The van der Waals surface area contributed by atoms with Crippen LogP contribution in [0, 0.1) is 0 Å². The molecule has 3 heterocycles. The highest BCUT2D eigenvalue weighted by Gasteiger charge is 2.19. The molecule has 1 aromatic rings. The molecule has 0 radical (unpaired) electrons. The fourth-order valence-corrected chi connectivity index (χ4v) is 2.42. The van der Waals surface area contributed by atoms with Crippen molar-refractivity contribution in [3.05, 3.63) is 21.6 Å². The molecule has 0 saturated carbocycles. The molecule has 16 heavy (non-hydrogen) atoms. The van der Waals surface area contributed by atoms with E-state index in [2.05, 4.69) is 20.2 Å². The fourth-order valence-electron chi connectivity index (χ4n) is 2.42. The van der Waals surface area contributed by atoms with E-state index >= 15 is 0 Å². The topological polar surface area (TPSA) is 61.0 Å². The van der Waals surface area contributed by atoms with Crippen LogP contribution in [0.25, 0.3) is 0 Å². The number of rotatable bonds is 1. The molecule has 0 atom stereocenters. The Kier molecular flexibility index (Phi) is 2.40. The van der Waals surface area contributed by atoms with Crippen LogP contribution in [0.2, 0.25) is 0 Å². The van der Waals surface area contributed by atoms with Gasteiger partial charge in [0.15, 0.2) is 0 Å². The lowest BCUT2D eigenvalue weighted by molar-refractivity contribution is 0.618. The first-order chi connectivity index (χ1) is 7.84. The highest BCUT2D eigenvalue weighted by atomic mass is 16.1. The molecule has 3 rings (SSSR count). The van der Waals surface area contributed by atoms with Crippen LogP contribution in [-0.4, -0.2) is 29.6 Å².